The van der Waals surface area contributed by atoms with Crippen LogP contribution < -0.4 is 0 Å². The summed E-state index contributed by atoms with van der Waals surface area (Å²) in [6, 6.07) is 12.2. The number of nitrogens with one attached hydrogen (secondary N) is 1. The lowest BCUT2D eigenvalue weighted by atomic mass is 10.0. The van der Waals surface area contributed by atoms with Crippen LogP contribution in [0.5, 0.6) is 0 Å². The number of carbonyl (C=O) groups is 1. The third-order valence-electron chi connectivity index (χ3n) is 4.40. The first-order valence-electron chi connectivity index (χ1n) is 8.39. The number of H-pyrrole nitrogens is 1. The van der Waals surface area contributed by atoms with Crippen molar-refractivity contribution in [3.05, 3.63) is 93.9 Å². The summed E-state index contributed by atoms with van der Waals surface area (Å²) in [5.74, 6) is -1.22. The van der Waals surface area contributed by atoms with Crippen molar-refractivity contribution in [3.63, 3.8) is 0 Å². The number of carbonyl (C=O) groups excluding carboxylic acids is 1. The average Bonchev–Trinajstić information content (AvgIpc) is 3.06. The van der Waals surface area contributed by atoms with Crippen molar-refractivity contribution >= 4 is 28.3 Å². The summed E-state index contributed by atoms with van der Waals surface area (Å²) in [5, 5.41) is 1.17. The van der Waals surface area contributed by atoms with E-state index in [-0.39, 0.29) is 5.56 Å². The molecule has 1 N–H and O–H groups in total. The van der Waals surface area contributed by atoms with Crippen molar-refractivity contribution in [1.29, 1.82) is 0 Å². The molecule has 1 aromatic carbocycles. The Labute approximate surface area is 160 Å². The van der Waals surface area contributed by atoms with Crippen LogP contribution in [-0.4, -0.2) is 20.7 Å². The molecule has 4 rings (SSSR count). The molecule has 0 fully saturated rings. The predicted octanol–water partition coefficient (Wildman–Crippen LogP) is 4.88. The number of hydrogen-bond acceptors (Lipinski definition) is 3. The molecule has 4 aromatic rings. The predicted molar refractivity (Wildman–Crippen MR) is 103 cm³/mol. The molecule has 0 aliphatic carbocycles. The van der Waals surface area contributed by atoms with E-state index in [1.807, 2.05) is 19.1 Å². The lowest BCUT2D eigenvalue weighted by Crippen LogP contribution is -2.07. The average molecular weight is 380 g/mol. The molecule has 0 bridgehead atoms. The Morgan fingerprint density at radius 2 is 2.00 bits per heavy atom. The zero-order valence-corrected chi connectivity index (χ0v) is 15.2. The Balaban J connectivity index is 1.64. The highest BCUT2D eigenvalue weighted by atomic mass is 35.5. The number of benzene rings is 1. The van der Waals surface area contributed by atoms with Gasteiger partial charge in [-0.2, -0.15) is 4.39 Å². The van der Waals surface area contributed by atoms with Crippen molar-refractivity contribution < 1.29 is 9.18 Å². The van der Waals surface area contributed by atoms with Gasteiger partial charge in [-0.1, -0.05) is 17.7 Å². The van der Waals surface area contributed by atoms with Crippen LogP contribution in [0.15, 0.2) is 54.9 Å². The molecule has 134 valence electrons. The minimum Gasteiger partial charge on any atom is -0.360 e. The number of aromatic nitrogens is 3. The van der Waals surface area contributed by atoms with E-state index < -0.39 is 11.7 Å². The fourth-order valence-electron chi connectivity index (χ4n) is 2.98. The van der Waals surface area contributed by atoms with Gasteiger partial charge in [0.25, 0.3) is 0 Å². The van der Waals surface area contributed by atoms with Crippen molar-refractivity contribution in [2.45, 2.75) is 13.3 Å². The molecule has 4 nitrogen and oxygen atoms in total. The van der Waals surface area contributed by atoms with Gasteiger partial charge < -0.3 is 4.98 Å². The number of rotatable bonds is 4. The second kappa shape index (κ2) is 6.93. The molecule has 0 aliphatic heterocycles. The second-order valence-electron chi connectivity index (χ2n) is 6.35. The fraction of sp³-hybridized carbons (Fsp3) is 0.0952. The minimum absolute atomic E-state index is 0.0679. The van der Waals surface area contributed by atoms with E-state index in [4.69, 9.17) is 11.6 Å². The third-order valence-corrected chi connectivity index (χ3v) is 4.63. The van der Waals surface area contributed by atoms with Gasteiger partial charge in [0.2, 0.25) is 5.95 Å². The standard InChI is InChI=1S/C21H15ClFN3O/c1-12-2-3-13(10-24-12)8-15-5-6-16(21(23)26-15)20(27)18-11-25-19-7-4-14(22)9-17(18)19/h2-7,9-11,25H,8H2,1H3. The quantitative estimate of drug-likeness (QED) is 0.406. The molecule has 6 heteroatoms. The molecule has 0 unspecified atom stereocenters. The highest BCUT2D eigenvalue weighted by Gasteiger charge is 2.19. The van der Waals surface area contributed by atoms with Crippen LogP contribution in [0.2, 0.25) is 5.02 Å². The highest BCUT2D eigenvalue weighted by molar-refractivity contribution is 6.31. The van der Waals surface area contributed by atoms with Gasteiger partial charge in [-0.05, 0) is 48.9 Å². The van der Waals surface area contributed by atoms with Gasteiger partial charge in [0, 0.05) is 51.7 Å². The second-order valence-corrected chi connectivity index (χ2v) is 6.78. The normalized spacial score (nSPS) is 11.1. The molecule has 0 aliphatic rings. The van der Waals surface area contributed by atoms with Gasteiger partial charge in [-0.25, -0.2) is 4.98 Å². The highest BCUT2D eigenvalue weighted by Crippen LogP contribution is 2.25. The molecule has 0 saturated carbocycles. The number of pyridine rings is 2. The minimum atomic E-state index is -0.783. The third kappa shape index (κ3) is 3.46. The maximum Gasteiger partial charge on any atom is 0.224 e. The zero-order valence-electron chi connectivity index (χ0n) is 14.5. The molecule has 0 saturated heterocycles. The van der Waals surface area contributed by atoms with E-state index in [0.717, 1.165) is 16.8 Å². The fourth-order valence-corrected chi connectivity index (χ4v) is 3.15. The Morgan fingerprint density at radius 1 is 1.15 bits per heavy atom. The van der Waals surface area contributed by atoms with Gasteiger partial charge in [-0.15, -0.1) is 0 Å². The van der Waals surface area contributed by atoms with E-state index in [1.165, 1.54) is 6.07 Å². The van der Waals surface area contributed by atoms with Crippen LogP contribution in [0.1, 0.15) is 32.9 Å². The van der Waals surface area contributed by atoms with E-state index in [9.17, 15) is 9.18 Å². The molecule has 0 amide bonds. The molecule has 3 heterocycles. The van der Waals surface area contributed by atoms with Gasteiger partial charge in [0.15, 0.2) is 5.78 Å². The van der Waals surface area contributed by atoms with Gasteiger partial charge in [-0.3, -0.25) is 9.78 Å². The number of ketones is 1. The molecular formula is C21H15ClFN3O. The van der Waals surface area contributed by atoms with E-state index in [2.05, 4.69) is 15.0 Å². The maximum absolute atomic E-state index is 14.6. The lowest BCUT2D eigenvalue weighted by Gasteiger charge is -2.05. The number of hydrogen-bond donors (Lipinski definition) is 1. The molecular weight excluding hydrogens is 365 g/mol. The molecule has 27 heavy (non-hydrogen) atoms. The smallest absolute Gasteiger partial charge is 0.224 e. The Bertz CT molecular complexity index is 1150. The van der Waals surface area contributed by atoms with Crippen molar-refractivity contribution in [1.82, 2.24) is 15.0 Å². The summed E-state index contributed by atoms with van der Waals surface area (Å²) in [6.07, 6.45) is 3.75. The molecule has 0 atom stereocenters. The SMILES string of the molecule is Cc1ccc(Cc2ccc(C(=O)c3c[nH]c4ccc(Cl)cc34)c(F)n2)cn1. The lowest BCUT2D eigenvalue weighted by molar-refractivity contribution is 0.103. The Morgan fingerprint density at radius 3 is 2.74 bits per heavy atom. The first-order chi connectivity index (χ1) is 13.0. The van der Waals surface area contributed by atoms with Gasteiger partial charge in [0.1, 0.15) is 0 Å². The number of nitrogens with zero attached hydrogens (tertiary/aromatic N) is 2. The van der Waals surface area contributed by atoms with Crippen LogP contribution in [0.4, 0.5) is 4.39 Å². The molecule has 0 spiro atoms. The largest absolute Gasteiger partial charge is 0.360 e. The summed E-state index contributed by atoms with van der Waals surface area (Å²) in [4.78, 5) is 24.0. The molecule has 0 radical (unpaired) electrons. The van der Waals surface area contributed by atoms with Crippen LogP contribution >= 0.6 is 11.6 Å². The van der Waals surface area contributed by atoms with Crippen LogP contribution in [-0.2, 0) is 6.42 Å². The van der Waals surface area contributed by atoms with Gasteiger partial charge >= 0.3 is 0 Å². The summed E-state index contributed by atoms with van der Waals surface area (Å²) in [7, 11) is 0. The maximum atomic E-state index is 14.6. The summed E-state index contributed by atoms with van der Waals surface area (Å²) < 4.78 is 14.6. The Hall–Kier alpha value is -3.05. The summed E-state index contributed by atoms with van der Waals surface area (Å²) in [6.45, 7) is 1.90. The zero-order chi connectivity index (χ0) is 19.0. The number of halogens is 2. The van der Waals surface area contributed by atoms with E-state index >= 15 is 0 Å². The van der Waals surface area contributed by atoms with E-state index in [1.54, 1.807) is 36.7 Å². The first-order valence-corrected chi connectivity index (χ1v) is 8.77. The summed E-state index contributed by atoms with van der Waals surface area (Å²) >= 11 is 6.02. The topological polar surface area (TPSA) is 58.6 Å². The van der Waals surface area contributed by atoms with Crippen LogP contribution in [0, 0.1) is 12.9 Å². The van der Waals surface area contributed by atoms with Gasteiger partial charge in [0.05, 0.1) is 5.56 Å². The first kappa shape index (κ1) is 17.4. The van der Waals surface area contributed by atoms with Crippen molar-refractivity contribution in [3.8, 4) is 0 Å². The number of aromatic amines is 1. The molecule has 3 aromatic heterocycles. The van der Waals surface area contributed by atoms with Crippen LogP contribution in [0.25, 0.3) is 10.9 Å². The van der Waals surface area contributed by atoms with E-state index in [0.29, 0.717) is 28.1 Å². The number of fused-ring (bicyclic) bond motifs is 1. The Kier molecular flexibility index (Phi) is 4.46. The monoisotopic (exact) mass is 379 g/mol. The van der Waals surface area contributed by atoms with Crippen molar-refractivity contribution in [2.24, 2.45) is 0 Å². The van der Waals surface area contributed by atoms with Crippen molar-refractivity contribution in [2.75, 3.05) is 0 Å². The number of aryl methyl sites for hydroxylation is 1. The van der Waals surface area contributed by atoms with Crippen LogP contribution in [0.3, 0.4) is 0 Å². The summed E-state index contributed by atoms with van der Waals surface area (Å²) in [5.41, 5.74) is 3.44.